The molecular weight excluding hydrogens is 412 g/mol. The molecule has 2 amide bonds. The van der Waals surface area contributed by atoms with Crippen molar-refractivity contribution in [2.45, 2.75) is 13.0 Å². The Bertz CT molecular complexity index is 1110. The summed E-state index contributed by atoms with van der Waals surface area (Å²) in [5.41, 5.74) is 0.151. The van der Waals surface area contributed by atoms with Crippen LogP contribution in [0.2, 0.25) is 0 Å². The molecule has 0 radical (unpaired) electrons. The quantitative estimate of drug-likeness (QED) is 0.415. The summed E-state index contributed by atoms with van der Waals surface area (Å²) in [6.45, 7) is 1.10. The van der Waals surface area contributed by atoms with Crippen molar-refractivity contribution in [3.8, 4) is 11.5 Å². The number of rotatable bonds is 10. The number of nitrogens with one attached hydrogen (secondary N) is 2. The second kappa shape index (κ2) is 11.3. The lowest BCUT2D eigenvalue weighted by molar-refractivity contribution is 0.0945. The van der Waals surface area contributed by atoms with Crippen molar-refractivity contribution in [3.05, 3.63) is 88.3 Å². The molecule has 0 spiro atoms. The molecular formula is C23H24N4O5. The minimum absolute atomic E-state index is 0.0189. The Morgan fingerprint density at radius 2 is 1.69 bits per heavy atom. The van der Waals surface area contributed by atoms with Gasteiger partial charge in [-0.15, -0.1) is 0 Å². The average Bonchev–Trinajstić information content (AvgIpc) is 2.80. The predicted molar refractivity (Wildman–Crippen MR) is 118 cm³/mol. The van der Waals surface area contributed by atoms with Crippen molar-refractivity contribution in [1.82, 2.24) is 20.4 Å². The third-order valence-electron chi connectivity index (χ3n) is 4.45. The molecule has 0 atom stereocenters. The summed E-state index contributed by atoms with van der Waals surface area (Å²) in [4.78, 5) is 36.3. The van der Waals surface area contributed by atoms with Gasteiger partial charge in [0.05, 0.1) is 6.54 Å². The molecule has 0 aliphatic carbocycles. The fourth-order valence-electron chi connectivity index (χ4n) is 2.83. The number of nitrogens with zero attached hydrogens (tertiary/aromatic N) is 2. The minimum atomic E-state index is -0.415. The summed E-state index contributed by atoms with van der Waals surface area (Å²) in [6.07, 6.45) is 0.501. The number of carbonyl (C=O) groups is 2. The summed E-state index contributed by atoms with van der Waals surface area (Å²) in [6, 6.07) is 17.9. The molecule has 0 unspecified atom stereocenters. The first-order chi connectivity index (χ1) is 15.5. The van der Waals surface area contributed by atoms with E-state index in [4.69, 9.17) is 4.74 Å². The van der Waals surface area contributed by atoms with Gasteiger partial charge in [0.25, 0.3) is 17.4 Å². The standard InChI is InChI=1S/C23H24N4O5/c28-18-7-4-6-17(16-18)22(30)24-12-5-13-25-23(31)20-10-11-21(29)27(26-20)14-15-32-19-8-2-1-3-9-19/h1-4,6-11,16,28H,5,12-15H2,(H,24,30)(H,25,31). The first-order valence-corrected chi connectivity index (χ1v) is 10.1. The number of amides is 2. The Morgan fingerprint density at radius 1 is 0.938 bits per heavy atom. The van der Waals surface area contributed by atoms with E-state index in [1.54, 1.807) is 12.1 Å². The van der Waals surface area contributed by atoms with Crippen LogP contribution in [-0.2, 0) is 6.54 Å². The highest BCUT2D eigenvalue weighted by atomic mass is 16.5. The largest absolute Gasteiger partial charge is 0.508 e. The zero-order valence-electron chi connectivity index (χ0n) is 17.4. The van der Waals surface area contributed by atoms with Gasteiger partial charge in [-0.1, -0.05) is 24.3 Å². The van der Waals surface area contributed by atoms with E-state index in [2.05, 4.69) is 15.7 Å². The maximum absolute atomic E-state index is 12.3. The maximum Gasteiger partial charge on any atom is 0.271 e. The van der Waals surface area contributed by atoms with Gasteiger partial charge in [0.2, 0.25) is 0 Å². The van der Waals surface area contributed by atoms with E-state index in [-0.39, 0.29) is 36.1 Å². The van der Waals surface area contributed by atoms with E-state index in [0.29, 0.717) is 30.8 Å². The number of phenols is 1. The highest BCUT2D eigenvalue weighted by molar-refractivity contribution is 5.94. The number of para-hydroxylation sites is 1. The molecule has 0 fully saturated rings. The van der Waals surface area contributed by atoms with Gasteiger partial charge >= 0.3 is 0 Å². The number of aromatic hydroxyl groups is 1. The zero-order chi connectivity index (χ0) is 22.8. The molecule has 0 saturated heterocycles. The molecule has 2 aromatic carbocycles. The molecule has 0 saturated carbocycles. The van der Waals surface area contributed by atoms with Crippen LogP contribution in [0.3, 0.4) is 0 Å². The van der Waals surface area contributed by atoms with Crippen LogP contribution >= 0.6 is 0 Å². The predicted octanol–water partition coefficient (Wildman–Crippen LogP) is 1.58. The van der Waals surface area contributed by atoms with Gasteiger partial charge in [0, 0.05) is 24.7 Å². The zero-order valence-corrected chi connectivity index (χ0v) is 17.4. The van der Waals surface area contributed by atoms with Gasteiger partial charge in [0.1, 0.15) is 23.8 Å². The Hall–Kier alpha value is -4.14. The van der Waals surface area contributed by atoms with Gasteiger partial charge in [-0.25, -0.2) is 4.68 Å². The van der Waals surface area contributed by atoms with Crippen molar-refractivity contribution < 1.29 is 19.4 Å². The van der Waals surface area contributed by atoms with Crippen LogP contribution in [0.25, 0.3) is 0 Å². The second-order valence-corrected chi connectivity index (χ2v) is 6.86. The van der Waals surface area contributed by atoms with Crippen LogP contribution in [0.15, 0.2) is 71.5 Å². The van der Waals surface area contributed by atoms with Crippen LogP contribution < -0.4 is 20.9 Å². The van der Waals surface area contributed by atoms with Crippen LogP contribution in [0.4, 0.5) is 0 Å². The maximum atomic E-state index is 12.3. The molecule has 9 heteroatoms. The third-order valence-corrected chi connectivity index (χ3v) is 4.45. The SMILES string of the molecule is O=C(NCCCNC(=O)c1ccc(=O)n(CCOc2ccccc2)n1)c1cccc(O)c1. The normalized spacial score (nSPS) is 10.4. The van der Waals surface area contributed by atoms with E-state index in [1.165, 1.54) is 28.9 Å². The average molecular weight is 436 g/mol. The van der Waals surface area contributed by atoms with E-state index in [0.717, 1.165) is 0 Å². The van der Waals surface area contributed by atoms with E-state index < -0.39 is 5.91 Å². The van der Waals surface area contributed by atoms with Crippen LogP contribution in [-0.4, -0.2) is 46.4 Å². The monoisotopic (exact) mass is 436 g/mol. The van der Waals surface area contributed by atoms with E-state index in [9.17, 15) is 19.5 Å². The summed E-state index contributed by atoms with van der Waals surface area (Å²) in [5, 5.41) is 18.9. The number of carbonyl (C=O) groups excluding carboxylic acids is 2. The van der Waals surface area contributed by atoms with Gasteiger partial charge < -0.3 is 20.5 Å². The second-order valence-electron chi connectivity index (χ2n) is 6.86. The summed E-state index contributed by atoms with van der Waals surface area (Å²) in [5.74, 6) is -0.0169. The molecule has 32 heavy (non-hydrogen) atoms. The van der Waals surface area contributed by atoms with Gasteiger partial charge in [-0.2, -0.15) is 5.10 Å². The number of ether oxygens (including phenoxy) is 1. The molecule has 1 heterocycles. The van der Waals surface area contributed by atoms with E-state index >= 15 is 0 Å². The van der Waals surface area contributed by atoms with Crippen molar-refractivity contribution >= 4 is 11.8 Å². The molecule has 9 nitrogen and oxygen atoms in total. The van der Waals surface area contributed by atoms with Crippen molar-refractivity contribution in [1.29, 1.82) is 0 Å². The Labute approximate surface area is 184 Å². The van der Waals surface area contributed by atoms with Crippen molar-refractivity contribution in [2.24, 2.45) is 0 Å². The summed E-state index contributed by atoms with van der Waals surface area (Å²) >= 11 is 0. The van der Waals surface area contributed by atoms with Crippen LogP contribution in [0.1, 0.15) is 27.3 Å². The lowest BCUT2D eigenvalue weighted by Gasteiger charge is -2.09. The van der Waals surface area contributed by atoms with Gasteiger partial charge in [-0.05, 0) is 42.8 Å². The lowest BCUT2D eigenvalue weighted by atomic mass is 10.2. The summed E-state index contributed by atoms with van der Waals surface area (Å²) < 4.78 is 6.75. The van der Waals surface area contributed by atoms with Crippen LogP contribution in [0, 0.1) is 0 Å². The van der Waals surface area contributed by atoms with Crippen LogP contribution in [0.5, 0.6) is 11.5 Å². The molecule has 3 N–H and O–H groups in total. The Morgan fingerprint density at radius 3 is 2.44 bits per heavy atom. The van der Waals surface area contributed by atoms with Gasteiger partial charge in [-0.3, -0.25) is 14.4 Å². The minimum Gasteiger partial charge on any atom is -0.508 e. The fraction of sp³-hybridized carbons (Fsp3) is 0.217. The number of hydrogen-bond donors (Lipinski definition) is 3. The molecule has 3 aromatic rings. The smallest absolute Gasteiger partial charge is 0.271 e. The Kier molecular flexibility index (Phi) is 7.96. The highest BCUT2D eigenvalue weighted by Crippen LogP contribution is 2.10. The van der Waals surface area contributed by atoms with Gasteiger partial charge in [0.15, 0.2) is 0 Å². The molecule has 0 aliphatic heterocycles. The molecule has 166 valence electrons. The fourth-order valence-corrected chi connectivity index (χ4v) is 2.83. The molecule has 1 aromatic heterocycles. The number of phenolic OH excluding ortho intramolecular Hbond substituents is 1. The molecule has 0 bridgehead atoms. The topological polar surface area (TPSA) is 123 Å². The first kappa shape index (κ1) is 22.5. The third kappa shape index (κ3) is 6.69. The lowest BCUT2D eigenvalue weighted by Crippen LogP contribution is -2.32. The van der Waals surface area contributed by atoms with Crippen molar-refractivity contribution in [2.75, 3.05) is 19.7 Å². The Balaban J connectivity index is 1.42. The number of aromatic nitrogens is 2. The molecule has 0 aliphatic rings. The summed E-state index contributed by atoms with van der Waals surface area (Å²) in [7, 11) is 0. The van der Waals surface area contributed by atoms with Crippen molar-refractivity contribution in [3.63, 3.8) is 0 Å². The van der Waals surface area contributed by atoms with E-state index in [1.807, 2.05) is 30.3 Å². The first-order valence-electron chi connectivity index (χ1n) is 10.1. The number of benzene rings is 2. The molecule has 3 rings (SSSR count). The number of hydrogen-bond acceptors (Lipinski definition) is 6. The highest BCUT2D eigenvalue weighted by Gasteiger charge is 2.10.